The molecule has 0 aromatic heterocycles. The number of ether oxygens (including phenoxy) is 2. The molecule has 0 aromatic rings. The molecule has 24 heavy (non-hydrogen) atoms. The van der Waals surface area contributed by atoms with Crippen LogP contribution in [0.1, 0.15) is 26.7 Å². The lowest BCUT2D eigenvalue weighted by Crippen LogP contribution is -2.34. The Morgan fingerprint density at radius 3 is 1.42 bits per heavy atom. The Balaban J connectivity index is 1.50. The molecule has 2 atom stereocenters. The highest BCUT2D eigenvalue weighted by Gasteiger charge is 2.35. The molecule has 2 unspecified atom stereocenters. The van der Waals surface area contributed by atoms with E-state index >= 15 is 0 Å². The Labute approximate surface area is 141 Å². The first-order valence-corrected chi connectivity index (χ1v) is 8.25. The standard InChI is InChI=1S/C16H24N2O6/c1-11-9-13(19)17(15(11)21)3-5-23-7-8-24-6-4-18-14(20)10-12(2)16(18)22/h11-12H,3-10H2,1-2H3. The molecular formula is C16H24N2O6. The van der Waals surface area contributed by atoms with Gasteiger partial charge in [0.1, 0.15) is 0 Å². The molecular weight excluding hydrogens is 316 g/mol. The molecule has 2 heterocycles. The van der Waals surface area contributed by atoms with Crippen molar-refractivity contribution >= 4 is 23.6 Å². The van der Waals surface area contributed by atoms with Crippen LogP contribution in [0.3, 0.4) is 0 Å². The first kappa shape index (κ1) is 18.5. The molecule has 2 fully saturated rings. The second kappa shape index (κ2) is 8.34. The van der Waals surface area contributed by atoms with Crippen molar-refractivity contribution in [2.45, 2.75) is 26.7 Å². The summed E-state index contributed by atoms with van der Waals surface area (Å²) >= 11 is 0. The number of carbonyl (C=O) groups is 4. The van der Waals surface area contributed by atoms with E-state index in [4.69, 9.17) is 9.47 Å². The molecule has 134 valence electrons. The maximum absolute atomic E-state index is 11.7. The van der Waals surface area contributed by atoms with Gasteiger partial charge in [-0.2, -0.15) is 0 Å². The lowest BCUT2D eigenvalue weighted by atomic mass is 10.1. The smallest absolute Gasteiger partial charge is 0.232 e. The highest BCUT2D eigenvalue weighted by atomic mass is 16.5. The van der Waals surface area contributed by atoms with E-state index in [1.165, 1.54) is 9.80 Å². The van der Waals surface area contributed by atoms with Crippen LogP contribution in [0.25, 0.3) is 0 Å². The number of nitrogens with zero attached hydrogens (tertiary/aromatic N) is 2. The second-order valence-electron chi connectivity index (χ2n) is 6.20. The topological polar surface area (TPSA) is 93.2 Å². The molecule has 4 amide bonds. The van der Waals surface area contributed by atoms with Crippen molar-refractivity contribution in [3.63, 3.8) is 0 Å². The Hall–Kier alpha value is -1.80. The maximum Gasteiger partial charge on any atom is 0.232 e. The van der Waals surface area contributed by atoms with Gasteiger partial charge in [0.05, 0.1) is 39.5 Å². The minimum absolute atomic E-state index is 0.144. The van der Waals surface area contributed by atoms with Gasteiger partial charge in [-0.15, -0.1) is 0 Å². The fourth-order valence-electron chi connectivity index (χ4n) is 2.80. The molecule has 2 aliphatic rings. The highest BCUT2D eigenvalue weighted by Crippen LogP contribution is 2.18. The zero-order valence-electron chi connectivity index (χ0n) is 14.2. The molecule has 0 bridgehead atoms. The summed E-state index contributed by atoms with van der Waals surface area (Å²) in [5, 5.41) is 0. The van der Waals surface area contributed by atoms with E-state index in [0.29, 0.717) is 13.2 Å². The van der Waals surface area contributed by atoms with Crippen molar-refractivity contribution in [3.8, 4) is 0 Å². The van der Waals surface area contributed by atoms with Gasteiger partial charge in [0.15, 0.2) is 0 Å². The van der Waals surface area contributed by atoms with Crippen LogP contribution in [0.4, 0.5) is 0 Å². The molecule has 2 aliphatic heterocycles. The van der Waals surface area contributed by atoms with Crippen molar-refractivity contribution in [1.82, 2.24) is 9.80 Å². The van der Waals surface area contributed by atoms with Crippen LogP contribution in [0.2, 0.25) is 0 Å². The maximum atomic E-state index is 11.7. The van der Waals surface area contributed by atoms with Crippen LogP contribution in [0.15, 0.2) is 0 Å². The fourth-order valence-corrected chi connectivity index (χ4v) is 2.80. The molecule has 0 radical (unpaired) electrons. The van der Waals surface area contributed by atoms with Gasteiger partial charge in [-0.3, -0.25) is 29.0 Å². The monoisotopic (exact) mass is 340 g/mol. The normalized spacial score (nSPS) is 24.6. The van der Waals surface area contributed by atoms with Gasteiger partial charge < -0.3 is 9.47 Å². The van der Waals surface area contributed by atoms with E-state index in [-0.39, 0.29) is 74.6 Å². The van der Waals surface area contributed by atoms with E-state index in [9.17, 15) is 19.2 Å². The third-order valence-electron chi connectivity index (χ3n) is 4.23. The van der Waals surface area contributed by atoms with Crippen molar-refractivity contribution < 1.29 is 28.7 Å². The van der Waals surface area contributed by atoms with Crippen LogP contribution in [-0.4, -0.2) is 72.9 Å². The number of carbonyl (C=O) groups excluding carboxylic acids is 4. The zero-order chi connectivity index (χ0) is 17.7. The Morgan fingerprint density at radius 1 is 0.750 bits per heavy atom. The molecule has 0 aliphatic carbocycles. The van der Waals surface area contributed by atoms with Crippen LogP contribution in [0.5, 0.6) is 0 Å². The Bertz CT molecular complexity index is 475. The van der Waals surface area contributed by atoms with Crippen LogP contribution >= 0.6 is 0 Å². The minimum Gasteiger partial charge on any atom is -0.377 e. The summed E-state index contributed by atoms with van der Waals surface area (Å²) in [6, 6.07) is 0. The third-order valence-corrected chi connectivity index (χ3v) is 4.23. The van der Waals surface area contributed by atoms with E-state index < -0.39 is 0 Å². The number of hydrogen-bond donors (Lipinski definition) is 0. The summed E-state index contributed by atoms with van der Waals surface area (Å²) in [5.74, 6) is -1.06. The van der Waals surface area contributed by atoms with E-state index in [0.717, 1.165) is 0 Å². The predicted octanol–water partition coefficient (Wildman–Crippen LogP) is -0.190. The van der Waals surface area contributed by atoms with Crippen molar-refractivity contribution in [3.05, 3.63) is 0 Å². The molecule has 2 saturated heterocycles. The average Bonchev–Trinajstić information content (AvgIpc) is 2.91. The van der Waals surface area contributed by atoms with Crippen LogP contribution in [0, 0.1) is 11.8 Å². The zero-order valence-corrected chi connectivity index (χ0v) is 14.2. The summed E-state index contributed by atoms with van der Waals surface area (Å²) in [5.41, 5.74) is 0. The number of likely N-dealkylation sites (tertiary alicyclic amines) is 2. The fraction of sp³-hybridized carbons (Fsp3) is 0.750. The SMILES string of the molecule is CC1CC(=O)N(CCOCCOCCN2C(=O)CC(C)C2=O)C1=O. The van der Waals surface area contributed by atoms with E-state index in [1.54, 1.807) is 13.8 Å². The Morgan fingerprint density at radius 2 is 1.12 bits per heavy atom. The number of rotatable bonds is 9. The quantitative estimate of drug-likeness (QED) is 0.427. The lowest BCUT2D eigenvalue weighted by molar-refractivity contribution is -0.142. The van der Waals surface area contributed by atoms with Gasteiger partial charge in [0.2, 0.25) is 23.6 Å². The van der Waals surface area contributed by atoms with Crippen molar-refractivity contribution in [1.29, 1.82) is 0 Å². The highest BCUT2D eigenvalue weighted by molar-refractivity contribution is 6.03. The first-order chi connectivity index (χ1) is 11.4. The van der Waals surface area contributed by atoms with Gasteiger partial charge >= 0.3 is 0 Å². The van der Waals surface area contributed by atoms with Crippen molar-refractivity contribution in [2.24, 2.45) is 11.8 Å². The summed E-state index contributed by atoms with van der Waals surface area (Å²) < 4.78 is 10.7. The van der Waals surface area contributed by atoms with Gasteiger partial charge in [0.25, 0.3) is 0 Å². The van der Waals surface area contributed by atoms with Gasteiger partial charge in [-0.25, -0.2) is 0 Å². The predicted molar refractivity (Wildman–Crippen MR) is 82.6 cm³/mol. The van der Waals surface area contributed by atoms with E-state index in [2.05, 4.69) is 0 Å². The summed E-state index contributed by atoms with van der Waals surface area (Å²) in [4.78, 5) is 49.0. The molecule has 8 heteroatoms. The molecule has 8 nitrogen and oxygen atoms in total. The third kappa shape index (κ3) is 4.39. The summed E-state index contributed by atoms with van der Waals surface area (Å²) in [6.07, 6.45) is 0.545. The first-order valence-electron chi connectivity index (χ1n) is 8.25. The van der Waals surface area contributed by atoms with Gasteiger partial charge in [-0.1, -0.05) is 13.8 Å². The van der Waals surface area contributed by atoms with Gasteiger partial charge in [0, 0.05) is 24.7 Å². The van der Waals surface area contributed by atoms with Crippen LogP contribution < -0.4 is 0 Å². The molecule has 0 N–H and O–H groups in total. The minimum atomic E-state index is -0.237. The van der Waals surface area contributed by atoms with Gasteiger partial charge in [-0.05, 0) is 0 Å². The molecule has 0 spiro atoms. The summed E-state index contributed by atoms with van der Waals surface area (Å²) in [6.45, 7) is 5.20. The molecule has 0 aromatic carbocycles. The number of imide groups is 2. The lowest BCUT2D eigenvalue weighted by Gasteiger charge is -2.15. The number of hydrogen-bond acceptors (Lipinski definition) is 6. The summed E-state index contributed by atoms with van der Waals surface area (Å²) in [7, 11) is 0. The molecule has 2 rings (SSSR count). The van der Waals surface area contributed by atoms with Crippen LogP contribution in [-0.2, 0) is 28.7 Å². The largest absolute Gasteiger partial charge is 0.377 e. The number of amides is 4. The molecule has 0 saturated carbocycles. The van der Waals surface area contributed by atoms with E-state index in [1.807, 2.05) is 0 Å². The van der Waals surface area contributed by atoms with Crippen molar-refractivity contribution in [2.75, 3.05) is 39.5 Å². The second-order valence-corrected chi connectivity index (χ2v) is 6.20. The Kier molecular flexibility index (Phi) is 6.44. The average molecular weight is 340 g/mol.